The van der Waals surface area contributed by atoms with Crippen molar-refractivity contribution < 1.29 is 9.72 Å². The van der Waals surface area contributed by atoms with Gasteiger partial charge in [-0.1, -0.05) is 103 Å². The standard InChI is InChI=1S/C32H25N3O3/c36-32-29-20-26(35(37)38)18-19-30(29)33(21-23-10-3-1-4-11-23)31(34(32)22-24-12-5-2-6-13-24)28-17-9-15-25-14-7-8-16-27(25)28/h1-20,31H,21-22H2/t31-/m0/s1. The van der Waals surface area contributed by atoms with Crippen molar-refractivity contribution in [3.63, 3.8) is 0 Å². The molecule has 6 nitrogen and oxygen atoms in total. The Morgan fingerprint density at radius 2 is 1.29 bits per heavy atom. The van der Waals surface area contributed by atoms with Crippen LogP contribution in [0.3, 0.4) is 0 Å². The fourth-order valence-electron chi connectivity index (χ4n) is 5.33. The normalized spacial score (nSPS) is 14.9. The van der Waals surface area contributed by atoms with Crippen LogP contribution < -0.4 is 4.90 Å². The third-order valence-electron chi connectivity index (χ3n) is 7.08. The van der Waals surface area contributed by atoms with E-state index >= 15 is 0 Å². The molecular weight excluding hydrogens is 474 g/mol. The lowest BCUT2D eigenvalue weighted by molar-refractivity contribution is -0.384. The lowest BCUT2D eigenvalue weighted by atomic mass is 9.95. The fourth-order valence-corrected chi connectivity index (χ4v) is 5.33. The Hall–Kier alpha value is -4.97. The van der Waals surface area contributed by atoms with Gasteiger partial charge in [0.2, 0.25) is 0 Å². The van der Waals surface area contributed by atoms with Crippen LogP contribution in [0, 0.1) is 10.1 Å². The number of nitro groups is 1. The maximum atomic E-state index is 14.2. The van der Waals surface area contributed by atoms with Gasteiger partial charge in [-0.25, -0.2) is 0 Å². The molecule has 6 heteroatoms. The number of rotatable bonds is 6. The van der Waals surface area contributed by atoms with Crippen LogP contribution in [0.1, 0.15) is 33.2 Å². The second-order valence-corrected chi connectivity index (χ2v) is 9.43. The molecular formula is C32H25N3O3. The molecule has 0 fully saturated rings. The molecule has 38 heavy (non-hydrogen) atoms. The minimum Gasteiger partial charge on any atom is -0.342 e. The quantitative estimate of drug-likeness (QED) is 0.184. The second kappa shape index (κ2) is 9.82. The van der Waals surface area contributed by atoms with Gasteiger partial charge in [-0.05, 0) is 28.0 Å². The first-order valence-corrected chi connectivity index (χ1v) is 12.5. The Balaban J connectivity index is 1.59. The van der Waals surface area contributed by atoms with Crippen LogP contribution in [0.15, 0.2) is 121 Å². The number of benzene rings is 5. The van der Waals surface area contributed by atoms with E-state index < -0.39 is 11.1 Å². The summed E-state index contributed by atoms with van der Waals surface area (Å²) < 4.78 is 0. The van der Waals surface area contributed by atoms with Crippen LogP contribution >= 0.6 is 0 Å². The van der Waals surface area contributed by atoms with Gasteiger partial charge in [-0.2, -0.15) is 0 Å². The Morgan fingerprint density at radius 3 is 1.97 bits per heavy atom. The average molecular weight is 500 g/mol. The number of fused-ring (bicyclic) bond motifs is 2. The third-order valence-corrected chi connectivity index (χ3v) is 7.08. The molecule has 0 bridgehead atoms. The lowest BCUT2D eigenvalue weighted by Crippen LogP contribution is -2.48. The van der Waals surface area contributed by atoms with E-state index in [9.17, 15) is 14.9 Å². The number of carbonyl (C=O) groups excluding carboxylic acids is 1. The van der Waals surface area contributed by atoms with E-state index in [0.717, 1.165) is 27.5 Å². The molecule has 0 unspecified atom stereocenters. The molecule has 0 N–H and O–H groups in total. The van der Waals surface area contributed by atoms with Crippen molar-refractivity contribution in [3.05, 3.63) is 154 Å². The van der Waals surface area contributed by atoms with Crippen molar-refractivity contribution in [3.8, 4) is 0 Å². The van der Waals surface area contributed by atoms with Crippen LogP contribution in [-0.2, 0) is 13.1 Å². The minimum atomic E-state index is -0.451. The fraction of sp³-hybridized carbons (Fsp3) is 0.0938. The largest absolute Gasteiger partial charge is 0.342 e. The summed E-state index contributed by atoms with van der Waals surface area (Å²) in [6.45, 7) is 0.888. The number of anilines is 1. The second-order valence-electron chi connectivity index (χ2n) is 9.43. The van der Waals surface area contributed by atoms with E-state index in [2.05, 4.69) is 41.3 Å². The maximum absolute atomic E-state index is 14.2. The highest BCUT2D eigenvalue weighted by Gasteiger charge is 2.40. The highest BCUT2D eigenvalue weighted by molar-refractivity contribution is 6.03. The number of non-ortho nitro benzene ring substituents is 1. The Morgan fingerprint density at radius 1 is 0.684 bits per heavy atom. The molecule has 0 saturated heterocycles. The number of nitrogens with zero attached hydrogens (tertiary/aromatic N) is 3. The van der Waals surface area contributed by atoms with Crippen molar-refractivity contribution >= 4 is 28.1 Å². The van der Waals surface area contributed by atoms with Gasteiger partial charge in [0, 0.05) is 30.8 Å². The monoisotopic (exact) mass is 499 g/mol. The highest BCUT2D eigenvalue weighted by Crippen LogP contribution is 2.43. The summed E-state index contributed by atoms with van der Waals surface area (Å²) >= 11 is 0. The van der Waals surface area contributed by atoms with Crippen LogP contribution in [0.25, 0.3) is 10.8 Å². The van der Waals surface area contributed by atoms with Gasteiger partial charge >= 0.3 is 0 Å². The van der Waals surface area contributed by atoms with Crippen molar-refractivity contribution in [2.45, 2.75) is 19.3 Å². The Bertz CT molecular complexity index is 1630. The first kappa shape index (κ1) is 23.4. The van der Waals surface area contributed by atoms with E-state index in [1.807, 2.05) is 71.6 Å². The van der Waals surface area contributed by atoms with Gasteiger partial charge in [-0.15, -0.1) is 0 Å². The smallest absolute Gasteiger partial charge is 0.270 e. The van der Waals surface area contributed by atoms with Gasteiger partial charge < -0.3 is 9.80 Å². The molecule has 1 atom stereocenters. The maximum Gasteiger partial charge on any atom is 0.270 e. The van der Waals surface area contributed by atoms with Crippen molar-refractivity contribution in [2.75, 3.05) is 4.90 Å². The van der Waals surface area contributed by atoms with E-state index in [1.165, 1.54) is 12.1 Å². The first-order chi connectivity index (χ1) is 18.6. The van der Waals surface area contributed by atoms with E-state index in [1.54, 1.807) is 6.07 Å². The number of hydrogen-bond donors (Lipinski definition) is 0. The highest BCUT2D eigenvalue weighted by atomic mass is 16.6. The molecule has 1 aliphatic heterocycles. The van der Waals surface area contributed by atoms with Gasteiger partial charge in [0.1, 0.15) is 6.17 Å². The molecule has 0 saturated carbocycles. The van der Waals surface area contributed by atoms with E-state index in [4.69, 9.17) is 0 Å². The molecule has 0 radical (unpaired) electrons. The average Bonchev–Trinajstić information content (AvgIpc) is 2.96. The molecule has 0 aliphatic carbocycles. The molecule has 6 rings (SSSR count). The molecule has 5 aromatic rings. The summed E-state index contributed by atoms with van der Waals surface area (Å²) in [7, 11) is 0. The molecule has 1 heterocycles. The number of carbonyl (C=O) groups is 1. The lowest BCUT2D eigenvalue weighted by Gasteiger charge is -2.46. The van der Waals surface area contributed by atoms with Crippen molar-refractivity contribution in [2.24, 2.45) is 0 Å². The summed E-state index contributed by atoms with van der Waals surface area (Å²) in [4.78, 5) is 29.4. The Labute approximate surface area is 220 Å². The van der Waals surface area contributed by atoms with E-state index in [0.29, 0.717) is 24.3 Å². The minimum absolute atomic E-state index is 0.0972. The summed E-state index contributed by atoms with van der Waals surface area (Å²) in [5.41, 5.74) is 4.00. The summed E-state index contributed by atoms with van der Waals surface area (Å²) in [5.74, 6) is -0.227. The van der Waals surface area contributed by atoms with Crippen LogP contribution in [0.5, 0.6) is 0 Å². The molecule has 5 aromatic carbocycles. The number of amides is 1. The van der Waals surface area contributed by atoms with E-state index in [-0.39, 0.29) is 11.6 Å². The first-order valence-electron chi connectivity index (χ1n) is 12.5. The predicted octanol–water partition coefficient (Wildman–Crippen LogP) is 7.11. The zero-order valence-electron chi connectivity index (χ0n) is 20.6. The van der Waals surface area contributed by atoms with Crippen LogP contribution in [-0.4, -0.2) is 15.7 Å². The van der Waals surface area contributed by atoms with Crippen molar-refractivity contribution in [1.29, 1.82) is 0 Å². The molecule has 0 aromatic heterocycles. The molecule has 186 valence electrons. The summed E-state index contributed by atoms with van der Waals surface area (Å²) in [6.07, 6.45) is -0.428. The zero-order chi connectivity index (χ0) is 26.1. The Kier molecular flexibility index (Phi) is 6.06. The molecule has 1 amide bonds. The zero-order valence-corrected chi connectivity index (χ0v) is 20.6. The van der Waals surface area contributed by atoms with Gasteiger partial charge in [0.25, 0.3) is 11.6 Å². The van der Waals surface area contributed by atoms with Gasteiger partial charge in [-0.3, -0.25) is 14.9 Å². The third kappa shape index (κ3) is 4.26. The molecule has 1 aliphatic rings. The number of nitro benzene ring substituents is 1. The van der Waals surface area contributed by atoms with Crippen molar-refractivity contribution in [1.82, 2.24) is 4.90 Å². The topological polar surface area (TPSA) is 66.7 Å². The van der Waals surface area contributed by atoms with Crippen LogP contribution in [0.2, 0.25) is 0 Å². The van der Waals surface area contributed by atoms with Gasteiger partial charge in [0.15, 0.2) is 0 Å². The SMILES string of the molecule is O=C1c2cc([N+](=O)[O-])ccc2N(Cc2ccccc2)[C@H](c2cccc3ccccc23)N1Cc1ccccc1. The summed E-state index contributed by atoms with van der Waals surface area (Å²) in [5, 5.41) is 13.8. The van der Waals surface area contributed by atoms with Gasteiger partial charge in [0.05, 0.1) is 16.2 Å². The number of hydrogen-bond acceptors (Lipinski definition) is 4. The molecule has 0 spiro atoms. The van der Waals surface area contributed by atoms with Crippen LogP contribution in [0.4, 0.5) is 11.4 Å². The summed E-state index contributed by atoms with van der Waals surface area (Å²) in [6, 6.07) is 38.9. The predicted molar refractivity (Wildman–Crippen MR) is 149 cm³/mol.